The molecule has 0 saturated heterocycles. The first kappa shape index (κ1) is 26.4. The molecule has 0 bridgehead atoms. The SMILES string of the molecule is O=C(NC(Cc1ccsc1)(C(=O)O)C(=O)O)c1ccc([N+](=O)[O-])c(OCC(F)(F)C(F)(F)F)c1. The van der Waals surface area contributed by atoms with Crippen LogP contribution in [0.2, 0.25) is 0 Å². The summed E-state index contributed by atoms with van der Waals surface area (Å²) < 4.78 is 67.7. The standard InChI is InChI=1S/C18H13F5N2O8S/c19-17(20,18(21,22)23)8-33-12-5-10(1-2-11(12)25(31)32)13(26)24-16(14(27)28,15(29)30)6-9-3-4-34-7-9/h1-5,7H,6,8H2,(H,24,26)(H,27,28)(H,29,30). The van der Waals surface area contributed by atoms with Crippen LogP contribution in [0, 0.1) is 10.1 Å². The largest absolute Gasteiger partial charge is 0.480 e. The van der Waals surface area contributed by atoms with Crippen molar-refractivity contribution in [2.75, 3.05) is 6.61 Å². The van der Waals surface area contributed by atoms with Crippen LogP contribution in [0.25, 0.3) is 0 Å². The third-order valence-electron chi connectivity index (χ3n) is 4.35. The van der Waals surface area contributed by atoms with E-state index in [0.717, 1.165) is 11.3 Å². The van der Waals surface area contributed by atoms with Gasteiger partial charge in [-0.1, -0.05) is 0 Å². The van der Waals surface area contributed by atoms with Gasteiger partial charge in [0.15, 0.2) is 12.4 Å². The number of carbonyl (C=O) groups is 3. The lowest BCUT2D eigenvalue weighted by Crippen LogP contribution is -2.61. The minimum absolute atomic E-state index is 0.234. The van der Waals surface area contributed by atoms with Gasteiger partial charge in [0.1, 0.15) is 0 Å². The lowest BCUT2D eigenvalue weighted by Gasteiger charge is -2.26. The van der Waals surface area contributed by atoms with E-state index in [9.17, 15) is 56.7 Å². The summed E-state index contributed by atoms with van der Waals surface area (Å²) in [5.74, 6) is -11.9. The highest BCUT2D eigenvalue weighted by Crippen LogP contribution is 2.37. The van der Waals surface area contributed by atoms with Crippen molar-refractivity contribution in [1.82, 2.24) is 5.32 Å². The minimum Gasteiger partial charge on any atom is -0.480 e. The smallest absolute Gasteiger partial charge is 0.456 e. The Bertz CT molecular complexity index is 1090. The first-order valence-electron chi connectivity index (χ1n) is 8.77. The monoisotopic (exact) mass is 512 g/mol. The molecule has 0 saturated carbocycles. The summed E-state index contributed by atoms with van der Waals surface area (Å²) >= 11 is 1.11. The molecule has 16 heteroatoms. The van der Waals surface area contributed by atoms with Crippen molar-refractivity contribution < 1.29 is 56.2 Å². The summed E-state index contributed by atoms with van der Waals surface area (Å²) in [6.45, 7) is -2.35. The van der Waals surface area contributed by atoms with Crippen LogP contribution in [0.5, 0.6) is 5.75 Å². The zero-order chi connectivity index (χ0) is 25.9. The number of aliphatic carboxylic acids is 2. The zero-order valence-electron chi connectivity index (χ0n) is 16.5. The minimum atomic E-state index is -6.03. The molecule has 0 spiro atoms. The van der Waals surface area contributed by atoms with Crippen LogP contribution < -0.4 is 10.1 Å². The highest BCUT2D eigenvalue weighted by Gasteiger charge is 2.58. The molecule has 184 valence electrons. The van der Waals surface area contributed by atoms with Crippen molar-refractivity contribution in [1.29, 1.82) is 0 Å². The van der Waals surface area contributed by atoms with Gasteiger partial charge in [-0.25, -0.2) is 9.59 Å². The summed E-state index contributed by atoms with van der Waals surface area (Å²) in [5, 5.41) is 34.8. The van der Waals surface area contributed by atoms with Crippen molar-refractivity contribution >= 4 is 34.9 Å². The number of carboxylic acid groups (broad SMARTS) is 2. The Morgan fingerprint density at radius 3 is 2.18 bits per heavy atom. The number of amides is 1. The van der Waals surface area contributed by atoms with Crippen LogP contribution >= 0.6 is 11.3 Å². The van der Waals surface area contributed by atoms with Crippen molar-refractivity contribution in [3.05, 3.63) is 56.3 Å². The van der Waals surface area contributed by atoms with E-state index in [0.29, 0.717) is 18.2 Å². The van der Waals surface area contributed by atoms with E-state index in [1.165, 1.54) is 16.8 Å². The number of nitrogens with one attached hydrogen (secondary N) is 1. The van der Waals surface area contributed by atoms with Gasteiger partial charge in [-0.3, -0.25) is 14.9 Å². The average Bonchev–Trinajstić information content (AvgIpc) is 3.23. The molecule has 3 N–H and O–H groups in total. The molecular formula is C18H13F5N2O8S. The first-order chi connectivity index (χ1) is 15.6. The van der Waals surface area contributed by atoms with E-state index >= 15 is 0 Å². The van der Waals surface area contributed by atoms with E-state index in [-0.39, 0.29) is 5.56 Å². The van der Waals surface area contributed by atoms with E-state index in [4.69, 9.17) is 0 Å². The van der Waals surface area contributed by atoms with E-state index in [1.54, 1.807) is 5.32 Å². The summed E-state index contributed by atoms with van der Waals surface area (Å²) in [7, 11) is 0. The number of ether oxygens (including phenoxy) is 1. The van der Waals surface area contributed by atoms with Gasteiger partial charge in [0.05, 0.1) is 4.92 Å². The maximum absolute atomic E-state index is 13.2. The van der Waals surface area contributed by atoms with Crippen molar-refractivity contribution in [2.24, 2.45) is 0 Å². The quantitative estimate of drug-likeness (QED) is 0.190. The molecule has 2 rings (SSSR count). The molecule has 2 aromatic rings. The molecule has 0 atom stereocenters. The molecule has 0 aliphatic heterocycles. The Morgan fingerprint density at radius 2 is 1.71 bits per heavy atom. The normalized spacial score (nSPS) is 12.1. The molecule has 0 fully saturated rings. The predicted molar refractivity (Wildman–Crippen MR) is 103 cm³/mol. The fourth-order valence-electron chi connectivity index (χ4n) is 2.53. The first-order valence-corrected chi connectivity index (χ1v) is 9.71. The fraction of sp³-hybridized carbons (Fsp3) is 0.278. The maximum Gasteiger partial charge on any atom is 0.456 e. The molecular weight excluding hydrogens is 499 g/mol. The highest BCUT2D eigenvalue weighted by molar-refractivity contribution is 7.07. The Kier molecular flexibility index (Phi) is 7.45. The number of rotatable bonds is 10. The average molecular weight is 512 g/mol. The summed E-state index contributed by atoms with van der Waals surface area (Å²) in [5.41, 5.74) is -4.44. The fourth-order valence-corrected chi connectivity index (χ4v) is 3.20. The number of thiophene rings is 1. The number of halogens is 5. The second-order valence-electron chi connectivity index (χ2n) is 6.71. The second-order valence-corrected chi connectivity index (χ2v) is 7.49. The summed E-state index contributed by atoms with van der Waals surface area (Å²) in [6.07, 6.45) is -6.73. The molecule has 1 amide bonds. The number of hydrogen-bond donors (Lipinski definition) is 3. The maximum atomic E-state index is 13.2. The lowest BCUT2D eigenvalue weighted by molar-refractivity contribution is -0.386. The molecule has 1 aromatic carbocycles. The predicted octanol–water partition coefficient (Wildman–Crippen LogP) is 3.11. The number of nitro groups is 1. The van der Waals surface area contributed by atoms with Crippen LogP contribution in [0.1, 0.15) is 15.9 Å². The zero-order valence-corrected chi connectivity index (χ0v) is 17.3. The van der Waals surface area contributed by atoms with Crippen molar-refractivity contribution in [3.63, 3.8) is 0 Å². The van der Waals surface area contributed by atoms with Gasteiger partial charge in [-0.2, -0.15) is 33.3 Å². The van der Waals surface area contributed by atoms with Crippen molar-refractivity contribution in [3.8, 4) is 5.75 Å². The van der Waals surface area contributed by atoms with Crippen molar-refractivity contribution in [2.45, 2.75) is 24.1 Å². The Morgan fingerprint density at radius 1 is 1.09 bits per heavy atom. The molecule has 34 heavy (non-hydrogen) atoms. The lowest BCUT2D eigenvalue weighted by atomic mass is 9.91. The third-order valence-corrected chi connectivity index (χ3v) is 5.08. The van der Waals surface area contributed by atoms with Crippen LogP contribution in [0.4, 0.5) is 27.6 Å². The van der Waals surface area contributed by atoms with Crippen LogP contribution in [0.3, 0.4) is 0 Å². The van der Waals surface area contributed by atoms with E-state index < -0.39 is 70.4 Å². The highest BCUT2D eigenvalue weighted by atomic mass is 32.1. The number of carbonyl (C=O) groups excluding carboxylic acids is 1. The number of benzene rings is 1. The molecule has 0 aliphatic carbocycles. The topological polar surface area (TPSA) is 156 Å². The van der Waals surface area contributed by atoms with Gasteiger partial charge in [0.2, 0.25) is 5.54 Å². The molecule has 0 unspecified atom stereocenters. The molecule has 0 aliphatic rings. The number of nitrogens with zero attached hydrogens (tertiary/aromatic N) is 1. The molecule has 1 heterocycles. The van der Waals surface area contributed by atoms with Gasteiger partial charge < -0.3 is 20.3 Å². The summed E-state index contributed by atoms with van der Waals surface area (Å²) in [6, 6.07) is 3.06. The van der Waals surface area contributed by atoms with Crippen LogP contribution in [-0.4, -0.2) is 57.2 Å². The molecule has 10 nitrogen and oxygen atoms in total. The van der Waals surface area contributed by atoms with E-state index in [1.807, 2.05) is 0 Å². The molecule has 0 radical (unpaired) electrons. The van der Waals surface area contributed by atoms with Gasteiger partial charge in [-0.05, 0) is 28.5 Å². The summed E-state index contributed by atoms with van der Waals surface area (Å²) in [4.78, 5) is 46.0. The third kappa shape index (κ3) is 5.56. The van der Waals surface area contributed by atoms with Gasteiger partial charge in [0.25, 0.3) is 5.91 Å². The second kappa shape index (κ2) is 9.58. The molecule has 1 aromatic heterocycles. The number of nitro benzene ring substituents is 1. The van der Waals surface area contributed by atoms with Gasteiger partial charge in [0, 0.05) is 24.1 Å². The van der Waals surface area contributed by atoms with Crippen LogP contribution in [-0.2, 0) is 16.0 Å². The van der Waals surface area contributed by atoms with Crippen LogP contribution in [0.15, 0.2) is 35.0 Å². The Labute approximate surface area is 189 Å². The number of hydrogen-bond acceptors (Lipinski definition) is 7. The Hall–Kier alpha value is -3.82. The Balaban J connectivity index is 2.40. The van der Waals surface area contributed by atoms with E-state index in [2.05, 4.69) is 4.74 Å². The number of carboxylic acids is 2. The van der Waals surface area contributed by atoms with Gasteiger partial charge in [-0.15, -0.1) is 0 Å². The van der Waals surface area contributed by atoms with Gasteiger partial charge >= 0.3 is 29.7 Å². The number of alkyl halides is 5.